The molecule has 0 saturated carbocycles. The first-order chi connectivity index (χ1) is 4.12. The Morgan fingerprint density at radius 1 is 1.20 bits per heavy atom. The Balaban J connectivity index is 0. The van der Waals surface area contributed by atoms with Crippen molar-refractivity contribution in [2.75, 3.05) is 0 Å². The van der Waals surface area contributed by atoms with Gasteiger partial charge in [0, 0.05) is 39.3 Å². The smallest absolute Gasteiger partial charge is 0.416 e. The van der Waals surface area contributed by atoms with E-state index in [1.807, 2.05) is 13.1 Å². The van der Waals surface area contributed by atoms with Crippen LogP contribution in [0.25, 0.3) is 0 Å². The first-order valence-electron chi connectivity index (χ1n) is 2.54. The molecule has 5 radical (unpaired) electrons. The van der Waals surface area contributed by atoms with Crippen LogP contribution in [-0.4, -0.2) is 33.1 Å². The quantitative estimate of drug-likeness (QED) is 0.724. The molecule has 0 spiro atoms. The number of rotatable bonds is 4. The summed E-state index contributed by atoms with van der Waals surface area (Å²) < 4.78 is 9.95. The Labute approximate surface area is 93.0 Å². The van der Waals surface area contributed by atoms with Crippen LogP contribution in [-0.2, 0) is 40.9 Å². The van der Waals surface area contributed by atoms with Crippen LogP contribution in [0.4, 0.5) is 0 Å². The maximum absolute atomic E-state index is 9.22. The topological polar surface area (TPSA) is 38.7 Å². The first-order valence-corrected chi connectivity index (χ1v) is 7.62. The SMILES string of the molecule is C[Si]O[Si](C)(O)O[Si]C.[Y]. The van der Waals surface area contributed by atoms with Gasteiger partial charge in [-0.3, -0.25) is 0 Å². The molecule has 0 heterocycles. The standard InChI is InChI=1S/C3H10O3Si3.Y/c1-7-5-9(3,4)6-8-2;/h4H,1-3H3;. The summed E-state index contributed by atoms with van der Waals surface area (Å²) >= 11 is 0. The van der Waals surface area contributed by atoms with E-state index in [0.717, 1.165) is 0 Å². The molecule has 0 aliphatic heterocycles. The van der Waals surface area contributed by atoms with E-state index in [9.17, 15) is 4.80 Å². The van der Waals surface area contributed by atoms with Gasteiger partial charge >= 0.3 is 8.80 Å². The second-order valence-corrected chi connectivity index (χ2v) is 5.76. The molecule has 0 aromatic carbocycles. The van der Waals surface area contributed by atoms with Crippen LogP contribution in [0.1, 0.15) is 0 Å². The summed E-state index contributed by atoms with van der Waals surface area (Å²) in [6.45, 7) is 5.35. The van der Waals surface area contributed by atoms with Gasteiger partial charge < -0.3 is 13.0 Å². The van der Waals surface area contributed by atoms with Gasteiger partial charge in [-0.15, -0.1) is 0 Å². The van der Waals surface area contributed by atoms with Gasteiger partial charge in [-0.2, -0.15) is 0 Å². The van der Waals surface area contributed by atoms with E-state index in [-0.39, 0.29) is 32.7 Å². The monoisotopic (exact) mass is 267 g/mol. The van der Waals surface area contributed by atoms with Crippen LogP contribution < -0.4 is 0 Å². The van der Waals surface area contributed by atoms with E-state index in [1.165, 1.54) is 0 Å². The fourth-order valence-corrected chi connectivity index (χ4v) is 3.97. The van der Waals surface area contributed by atoms with Crippen molar-refractivity contribution in [3.05, 3.63) is 0 Å². The van der Waals surface area contributed by atoms with Crippen LogP contribution in [0.5, 0.6) is 0 Å². The van der Waals surface area contributed by atoms with Crippen molar-refractivity contribution in [1.82, 2.24) is 0 Å². The Morgan fingerprint density at radius 3 is 1.70 bits per heavy atom. The van der Waals surface area contributed by atoms with Crippen molar-refractivity contribution in [2.24, 2.45) is 0 Å². The molecular weight excluding hydrogens is 257 g/mol. The Kier molecular flexibility index (Phi) is 10.3. The molecule has 0 unspecified atom stereocenters. The van der Waals surface area contributed by atoms with Crippen molar-refractivity contribution in [3.8, 4) is 0 Å². The minimum absolute atomic E-state index is 0. The number of hydrogen-bond donors (Lipinski definition) is 1. The molecule has 0 amide bonds. The minimum Gasteiger partial charge on any atom is -0.416 e. The van der Waals surface area contributed by atoms with Crippen LogP contribution in [0.2, 0.25) is 19.6 Å². The summed E-state index contributed by atoms with van der Waals surface area (Å²) in [5.41, 5.74) is 0. The third-order valence-electron chi connectivity index (χ3n) is 0.583. The zero-order valence-electron chi connectivity index (χ0n) is 6.34. The second kappa shape index (κ2) is 7.29. The first kappa shape index (κ1) is 14.2. The largest absolute Gasteiger partial charge is 0.473 e. The molecule has 0 rings (SSSR count). The average Bonchev–Trinajstić information content (AvgIpc) is 1.64. The minimum atomic E-state index is -2.68. The van der Waals surface area contributed by atoms with Crippen molar-refractivity contribution in [2.45, 2.75) is 19.6 Å². The van der Waals surface area contributed by atoms with E-state index in [2.05, 4.69) is 0 Å². The molecule has 0 atom stereocenters. The Hall–Kier alpha value is 1.63. The molecule has 0 aromatic heterocycles. The molecule has 7 heteroatoms. The molecule has 1 N–H and O–H groups in total. The predicted octanol–water partition coefficient (Wildman–Crippen LogP) is -0.0873. The third kappa shape index (κ3) is 7.74. The Bertz CT molecular complexity index is 73.4. The zero-order chi connectivity index (χ0) is 7.33. The van der Waals surface area contributed by atoms with Crippen LogP contribution in [0.3, 0.4) is 0 Å². The van der Waals surface area contributed by atoms with Gasteiger partial charge in [0.2, 0.25) is 19.5 Å². The zero-order valence-corrected chi connectivity index (χ0v) is 12.2. The van der Waals surface area contributed by atoms with Crippen LogP contribution >= 0.6 is 0 Å². The molecule has 0 fully saturated rings. The number of hydrogen-bond acceptors (Lipinski definition) is 3. The van der Waals surface area contributed by atoms with Gasteiger partial charge in [0.15, 0.2) is 0 Å². The molecule has 0 bridgehead atoms. The summed E-state index contributed by atoms with van der Waals surface area (Å²) in [5.74, 6) is 0. The predicted molar refractivity (Wildman–Crippen MR) is 39.2 cm³/mol. The maximum Gasteiger partial charge on any atom is 0.473 e. The summed E-state index contributed by atoms with van der Waals surface area (Å²) in [6.07, 6.45) is 0. The van der Waals surface area contributed by atoms with Crippen LogP contribution in [0, 0.1) is 0 Å². The normalized spacial score (nSPS) is 10.8. The summed E-state index contributed by atoms with van der Waals surface area (Å²) in [7, 11) is -2.06. The fraction of sp³-hybridized carbons (Fsp3) is 1.00. The van der Waals surface area contributed by atoms with E-state index in [0.29, 0.717) is 19.5 Å². The van der Waals surface area contributed by atoms with Gasteiger partial charge in [-0.05, 0) is 13.1 Å². The molecule has 0 saturated heterocycles. The molecule has 55 valence electrons. The van der Waals surface area contributed by atoms with Gasteiger partial charge in [0.25, 0.3) is 0 Å². The Morgan fingerprint density at radius 2 is 1.50 bits per heavy atom. The van der Waals surface area contributed by atoms with E-state index in [4.69, 9.17) is 8.23 Å². The fourth-order valence-electron chi connectivity index (χ4n) is 0.400. The van der Waals surface area contributed by atoms with E-state index >= 15 is 0 Å². The molecule has 0 aromatic rings. The van der Waals surface area contributed by atoms with Crippen LogP contribution in [0.15, 0.2) is 0 Å². The summed E-state index contributed by atoms with van der Waals surface area (Å²) in [4.78, 5) is 9.22. The average molecular weight is 267 g/mol. The van der Waals surface area contributed by atoms with Gasteiger partial charge in [-0.25, -0.2) is 0 Å². The summed E-state index contributed by atoms with van der Waals surface area (Å²) in [6, 6.07) is 0. The molecule has 3 nitrogen and oxygen atoms in total. The maximum atomic E-state index is 9.22. The third-order valence-corrected chi connectivity index (χ3v) is 5.25. The van der Waals surface area contributed by atoms with Gasteiger partial charge in [0.05, 0.1) is 0 Å². The van der Waals surface area contributed by atoms with E-state index < -0.39 is 8.80 Å². The molecule has 0 aliphatic rings. The van der Waals surface area contributed by atoms with Gasteiger partial charge in [-0.1, -0.05) is 0 Å². The van der Waals surface area contributed by atoms with Crippen molar-refractivity contribution >= 4 is 28.3 Å². The van der Waals surface area contributed by atoms with E-state index in [1.54, 1.807) is 6.55 Å². The summed E-state index contributed by atoms with van der Waals surface area (Å²) in [5, 5.41) is 0. The molecular formula is C3H10O3Si3Y. The second-order valence-electron chi connectivity index (χ2n) is 1.51. The molecule has 0 aliphatic carbocycles. The van der Waals surface area contributed by atoms with Crippen molar-refractivity contribution < 1.29 is 45.7 Å². The van der Waals surface area contributed by atoms with Crippen molar-refractivity contribution in [1.29, 1.82) is 0 Å². The molecule has 10 heavy (non-hydrogen) atoms. The van der Waals surface area contributed by atoms with Gasteiger partial charge in [0.1, 0.15) is 0 Å². The van der Waals surface area contributed by atoms with Crippen molar-refractivity contribution in [3.63, 3.8) is 0 Å².